The third kappa shape index (κ3) is 3.48. The van der Waals surface area contributed by atoms with Crippen molar-refractivity contribution in [2.75, 3.05) is 6.54 Å². The molecule has 0 aliphatic heterocycles. The smallest absolute Gasteiger partial charge is 0.0771 e. The Morgan fingerprint density at radius 3 is 2.50 bits per heavy atom. The van der Waals surface area contributed by atoms with Crippen molar-refractivity contribution in [1.82, 2.24) is 5.32 Å². The zero-order chi connectivity index (χ0) is 13.2. The van der Waals surface area contributed by atoms with Crippen LogP contribution in [0, 0.1) is 17.8 Å². The molecule has 2 fully saturated rings. The molecule has 2 N–H and O–H groups in total. The van der Waals surface area contributed by atoms with Crippen molar-refractivity contribution < 1.29 is 5.11 Å². The fourth-order valence-electron chi connectivity index (χ4n) is 3.97. The van der Waals surface area contributed by atoms with Crippen LogP contribution in [0.15, 0.2) is 0 Å². The van der Waals surface area contributed by atoms with Gasteiger partial charge in [-0.05, 0) is 43.4 Å². The van der Waals surface area contributed by atoms with Crippen LogP contribution in [0.1, 0.15) is 65.7 Å². The first-order chi connectivity index (χ1) is 8.50. The van der Waals surface area contributed by atoms with E-state index in [1.807, 2.05) is 0 Å². The molecule has 2 nitrogen and oxygen atoms in total. The Balaban J connectivity index is 1.88. The second-order valence-corrected chi connectivity index (χ2v) is 7.24. The largest absolute Gasteiger partial charge is 0.389 e. The van der Waals surface area contributed by atoms with E-state index in [2.05, 4.69) is 26.1 Å². The van der Waals surface area contributed by atoms with Gasteiger partial charge in [0.05, 0.1) is 5.60 Å². The standard InChI is InChI=1S/C16H31NO/c1-12(2)14-7-6-13(3)10-15(14)17-11-16(18)8-4-5-9-16/h12-15,17-18H,4-11H2,1-3H3. The maximum absolute atomic E-state index is 10.5. The second-order valence-electron chi connectivity index (χ2n) is 7.24. The van der Waals surface area contributed by atoms with Crippen LogP contribution in [0.5, 0.6) is 0 Å². The molecular weight excluding hydrogens is 222 g/mol. The molecule has 0 amide bonds. The van der Waals surface area contributed by atoms with Gasteiger partial charge < -0.3 is 10.4 Å². The van der Waals surface area contributed by atoms with E-state index in [1.165, 1.54) is 32.1 Å². The Hall–Kier alpha value is -0.0800. The van der Waals surface area contributed by atoms with E-state index in [1.54, 1.807) is 0 Å². The summed E-state index contributed by atoms with van der Waals surface area (Å²) >= 11 is 0. The summed E-state index contributed by atoms with van der Waals surface area (Å²) in [6.45, 7) is 7.88. The maximum Gasteiger partial charge on any atom is 0.0771 e. The second kappa shape index (κ2) is 5.92. The van der Waals surface area contributed by atoms with E-state index < -0.39 is 5.60 Å². The van der Waals surface area contributed by atoms with Gasteiger partial charge in [-0.1, -0.05) is 40.0 Å². The quantitative estimate of drug-likeness (QED) is 0.805. The molecule has 2 aliphatic carbocycles. The highest BCUT2D eigenvalue weighted by atomic mass is 16.3. The monoisotopic (exact) mass is 253 g/mol. The molecule has 0 bridgehead atoms. The van der Waals surface area contributed by atoms with Crippen molar-refractivity contribution in [2.24, 2.45) is 17.8 Å². The molecular formula is C16H31NO. The maximum atomic E-state index is 10.5. The van der Waals surface area contributed by atoms with Crippen LogP contribution in [0.25, 0.3) is 0 Å². The van der Waals surface area contributed by atoms with Crippen molar-refractivity contribution in [1.29, 1.82) is 0 Å². The summed E-state index contributed by atoms with van der Waals surface area (Å²) in [5.41, 5.74) is -0.401. The minimum absolute atomic E-state index is 0.401. The molecule has 0 aromatic rings. The van der Waals surface area contributed by atoms with Crippen molar-refractivity contribution in [3.05, 3.63) is 0 Å². The third-order valence-corrected chi connectivity index (χ3v) is 5.25. The van der Waals surface area contributed by atoms with E-state index in [-0.39, 0.29) is 0 Å². The Labute approximate surface area is 113 Å². The highest BCUT2D eigenvalue weighted by Gasteiger charge is 2.35. The fourth-order valence-corrected chi connectivity index (χ4v) is 3.97. The lowest BCUT2D eigenvalue weighted by atomic mass is 9.74. The molecule has 2 saturated carbocycles. The Bertz CT molecular complexity index is 258. The summed E-state index contributed by atoms with van der Waals surface area (Å²) in [5.74, 6) is 2.40. The van der Waals surface area contributed by atoms with E-state index in [0.29, 0.717) is 6.04 Å². The molecule has 106 valence electrons. The number of aliphatic hydroxyl groups is 1. The molecule has 18 heavy (non-hydrogen) atoms. The predicted molar refractivity (Wildman–Crippen MR) is 76.6 cm³/mol. The summed E-state index contributed by atoms with van der Waals surface area (Å²) < 4.78 is 0. The van der Waals surface area contributed by atoms with Gasteiger partial charge in [0.25, 0.3) is 0 Å². The van der Waals surface area contributed by atoms with E-state index in [9.17, 15) is 5.11 Å². The number of nitrogens with one attached hydrogen (secondary N) is 1. The average Bonchev–Trinajstić information content (AvgIpc) is 2.74. The molecule has 0 aromatic heterocycles. The van der Waals surface area contributed by atoms with Crippen LogP contribution in [0.3, 0.4) is 0 Å². The molecule has 0 aromatic carbocycles. The first-order valence-electron chi connectivity index (χ1n) is 7.96. The topological polar surface area (TPSA) is 32.3 Å². The molecule has 0 heterocycles. The van der Waals surface area contributed by atoms with E-state index in [0.717, 1.165) is 37.1 Å². The van der Waals surface area contributed by atoms with Gasteiger partial charge in [-0.3, -0.25) is 0 Å². The summed E-state index contributed by atoms with van der Waals surface area (Å²) in [6, 6.07) is 0.623. The summed E-state index contributed by atoms with van der Waals surface area (Å²) in [7, 11) is 0. The predicted octanol–water partition coefficient (Wildman–Crippen LogP) is 3.34. The van der Waals surface area contributed by atoms with Crippen LogP contribution < -0.4 is 5.32 Å². The van der Waals surface area contributed by atoms with Gasteiger partial charge in [0.2, 0.25) is 0 Å². The number of hydrogen-bond acceptors (Lipinski definition) is 2. The highest BCUT2D eigenvalue weighted by molar-refractivity contribution is 4.91. The van der Waals surface area contributed by atoms with Crippen molar-refractivity contribution in [2.45, 2.75) is 77.4 Å². The lowest BCUT2D eigenvalue weighted by Gasteiger charge is -2.39. The normalized spacial score (nSPS) is 36.2. The van der Waals surface area contributed by atoms with E-state index >= 15 is 0 Å². The van der Waals surface area contributed by atoms with Crippen LogP contribution >= 0.6 is 0 Å². The minimum atomic E-state index is -0.401. The van der Waals surface area contributed by atoms with Crippen molar-refractivity contribution in [3.63, 3.8) is 0 Å². The van der Waals surface area contributed by atoms with Crippen molar-refractivity contribution in [3.8, 4) is 0 Å². The number of rotatable bonds is 4. The minimum Gasteiger partial charge on any atom is -0.389 e. The summed E-state index contributed by atoms with van der Waals surface area (Å²) in [5, 5.41) is 14.2. The van der Waals surface area contributed by atoms with Crippen LogP contribution in [-0.2, 0) is 0 Å². The first-order valence-corrected chi connectivity index (χ1v) is 7.96. The van der Waals surface area contributed by atoms with Gasteiger partial charge >= 0.3 is 0 Å². The molecule has 3 atom stereocenters. The van der Waals surface area contributed by atoms with Crippen LogP contribution in [0.4, 0.5) is 0 Å². The zero-order valence-corrected chi connectivity index (χ0v) is 12.4. The van der Waals surface area contributed by atoms with Gasteiger partial charge in [-0.25, -0.2) is 0 Å². The van der Waals surface area contributed by atoms with Gasteiger partial charge in [-0.15, -0.1) is 0 Å². The SMILES string of the molecule is CC1CCC(C(C)C)C(NCC2(O)CCCC2)C1. The van der Waals surface area contributed by atoms with Gasteiger partial charge in [-0.2, -0.15) is 0 Å². The van der Waals surface area contributed by atoms with Crippen LogP contribution in [-0.4, -0.2) is 23.3 Å². The molecule has 2 aliphatic rings. The molecule has 3 unspecified atom stereocenters. The molecule has 0 saturated heterocycles. The lowest BCUT2D eigenvalue weighted by molar-refractivity contribution is 0.0362. The van der Waals surface area contributed by atoms with Gasteiger partial charge in [0.1, 0.15) is 0 Å². The third-order valence-electron chi connectivity index (χ3n) is 5.25. The average molecular weight is 253 g/mol. The lowest BCUT2D eigenvalue weighted by Crippen LogP contribution is -2.48. The Morgan fingerprint density at radius 2 is 1.89 bits per heavy atom. The summed E-state index contributed by atoms with van der Waals surface area (Å²) in [4.78, 5) is 0. The Morgan fingerprint density at radius 1 is 1.22 bits per heavy atom. The summed E-state index contributed by atoms with van der Waals surface area (Å²) in [6.07, 6.45) is 8.42. The fraction of sp³-hybridized carbons (Fsp3) is 1.00. The zero-order valence-electron chi connectivity index (χ0n) is 12.4. The molecule has 0 radical (unpaired) electrons. The van der Waals surface area contributed by atoms with E-state index in [4.69, 9.17) is 0 Å². The van der Waals surface area contributed by atoms with Crippen molar-refractivity contribution >= 4 is 0 Å². The highest BCUT2D eigenvalue weighted by Crippen LogP contribution is 2.34. The molecule has 2 heteroatoms. The first kappa shape index (κ1) is 14.3. The van der Waals surface area contributed by atoms with Crippen LogP contribution in [0.2, 0.25) is 0 Å². The molecule has 0 spiro atoms. The number of hydrogen-bond donors (Lipinski definition) is 2. The van der Waals surface area contributed by atoms with Gasteiger partial charge in [0.15, 0.2) is 0 Å². The van der Waals surface area contributed by atoms with Gasteiger partial charge in [0, 0.05) is 12.6 Å². The molecule has 2 rings (SSSR count). The Kier molecular flexibility index (Phi) is 4.71.